The molecule has 1 N–H and O–H groups in total. The van der Waals surface area contributed by atoms with Crippen molar-refractivity contribution in [3.05, 3.63) is 52.5 Å². The minimum atomic E-state index is -0.411. The Morgan fingerprint density at radius 3 is 2.46 bits per heavy atom. The van der Waals surface area contributed by atoms with Crippen LogP contribution in [0.2, 0.25) is 10.0 Å². The second kappa shape index (κ2) is 14.0. The fourth-order valence-electron chi connectivity index (χ4n) is 4.31. The van der Waals surface area contributed by atoms with Gasteiger partial charge in [0.1, 0.15) is 5.75 Å². The number of nitrogens with zero attached hydrogens (tertiary/aromatic N) is 3. The lowest BCUT2D eigenvalue weighted by Gasteiger charge is -2.36. The summed E-state index contributed by atoms with van der Waals surface area (Å²) < 4.78 is 10.9. The molecule has 35 heavy (non-hydrogen) atoms. The van der Waals surface area contributed by atoms with E-state index in [1.165, 1.54) is 0 Å². The zero-order valence-electron chi connectivity index (χ0n) is 19.8. The minimum absolute atomic E-state index is 0. The lowest BCUT2D eigenvalue weighted by Crippen LogP contribution is -2.46. The molecule has 0 radical (unpaired) electrons. The van der Waals surface area contributed by atoms with E-state index >= 15 is 0 Å². The summed E-state index contributed by atoms with van der Waals surface area (Å²) in [4.78, 5) is 19.2. The van der Waals surface area contributed by atoms with Crippen LogP contribution in [0.5, 0.6) is 5.75 Å². The van der Waals surface area contributed by atoms with Crippen LogP contribution in [0.25, 0.3) is 0 Å². The molecule has 192 valence electrons. The third-order valence-electron chi connectivity index (χ3n) is 6.22. The summed E-state index contributed by atoms with van der Waals surface area (Å²) in [6.07, 6.45) is 1.51. The highest BCUT2D eigenvalue weighted by Gasteiger charge is 2.19. The number of hydrogen-bond donors (Lipinski definition) is 1. The van der Waals surface area contributed by atoms with Crippen molar-refractivity contribution >= 4 is 53.1 Å². The number of morpholine rings is 1. The molecule has 0 spiro atoms. The molecule has 0 saturated carbocycles. The number of benzene rings is 2. The number of ether oxygens (including phenoxy) is 2. The van der Waals surface area contributed by atoms with Gasteiger partial charge in [0, 0.05) is 57.6 Å². The van der Waals surface area contributed by atoms with Crippen molar-refractivity contribution in [3.63, 3.8) is 0 Å². The van der Waals surface area contributed by atoms with Crippen LogP contribution in [0.1, 0.15) is 12.8 Å². The van der Waals surface area contributed by atoms with Gasteiger partial charge in [-0.3, -0.25) is 4.90 Å². The van der Waals surface area contributed by atoms with Crippen LogP contribution in [0.3, 0.4) is 0 Å². The van der Waals surface area contributed by atoms with Crippen molar-refractivity contribution in [3.8, 4) is 5.75 Å². The summed E-state index contributed by atoms with van der Waals surface area (Å²) in [5, 5.41) is 4.08. The fourth-order valence-corrected chi connectivity index (χ4v) is 4.72. The van der Waals surface area contributed by atoms with E-state index in [0.717, 1.165) is 83.2 Å². The second-order valence-electron chi connectivity index (χ2n) is 8.52. The van der Waals surface area contributed by atoms with Gasteiger partial charge >= 0.3 is 6.09 Å². The Kier molecular flexibility index (Phi) is 11.1. The molecule has 0 atom stereocenters. The first-order valence-electron chi connectivity index (χ1n) is 11.9. The molecule has 0 aliphatic carbocycles. The topological polar surface area (TPSA) is 57.3 Å². The number of rotatable bonds is 8. The van der Waals surface area contributed by atoms with Crippen molar-refractivity contribution in [2.24, 2.45) is 0 Å². The van der Waals surface area contributed by atoms with E-state index in [2.05, 4.69) is 20.0 Å². The molecule has 1 amide bonds. The Hall–Kier alpha value is -1.90. The molecular weight excluding hydrogens is 511 g/mol. The number of piperazine rings is 1. The molecular formula is C25H33Cl3N4O3. The average Bonchev–Trinajstić information content (AvgIpc) is 2.87. The van der Waals surface area contributed by atoms with Crippen molar-refractivity contribution in [2.45, 2.75) is 12.8 Å². The Morgan fingerprint density at radius 1 is 0.943 bits per heavy atom. The normalized spacial score (nSPS) is 16.5. The number of halogens is 3. The maximum absolute atomic E-state index is 12.2. The Morgan fingerprint density at radius 2 is 1.69 bits per heavy atom. The minimum Gasteiger partial charge on any atom is -0.410 e. The maximum Gasteiger partial charge on any atom is 0.412 e. The molecule has 2 fully saturated rings. The first-order chi connectivity index (χ1) is 16.6. The van der Waals surface area contributed by atoms with Crippen LogP contribution in [-0.4, -0.2) is 76.6 Å². The highest BCUT2D eigenvalue weighted by atomic mass is 35.5. The number of hydrogen-bond acceptors (Lipinski definition) is 6. The van der Waals surface area contributed by atoms with E-state index in [0.29, 0.717) is 22.3 Å². The molecule has 2 aromatic carbocycles. The standard InChI is InChI=1S/C25H32Cl2N4O3.ClH/c26-22-7-4-8-23(24(22)27)31-13-11-29(12-14-31)10-2-1-9-28-25(32)34-21-6-3-5-20(19-21)30-15-17-33-18-16-30;/h3-8,19H,1-2,9-18H2,(H,28,32);1H. The zero-order valence-corrected chi connectivity index (χ0v) is 22.1. The smallest absolute Gasteiger partial charge is 0.410 e. The molecule has 2 heterocycles. The first-order valence-corrected chi connectivity index (χ1v) is 12.7. The molecule has 0 bridgehead atoms. The van der Waals surface area contributed by atoms with Crippen LogP contribution in [-0.2, 0) is 4.74 Å². The van der Waals surface area contributed by atoms with Gasteiger partial charge in [-0.1, -0.05) is 35.3 Å². The summed E-state index contributed by atoms with van der Waals surface area (Å²) >= 11 is 12.5. The van der Waals surface area contributed by atoms with E-state index in [-0.39, 0.29) is 12.4 Å². The Labute approximate surface area is 223 Å². The average molecular weight is 544 g/mol. The van der Waals surface area contributed by atoms with Gasteiger partial charge in [-0.25, -0.2) is 4.79 Å². The summed E-state index contributed by atoms with van der Waals surface area (Å²) in [7, 11) is 0. The fraction of sp³-hybridized carbons (Fsp3) is 0.480. The third kappa shape index (κ3) is 8.05. The molecule has 10 heteroatoms. The highest BCUT2D eigenvalue weighted by Crippen LogP contribution is 2.32. The van der Waals surface area contributed by atoms with Gasteiger partial charge in [0.05, 0.1) is 28.9 Å². The van der Waals surface area contributed by atoms with Gasteiger partial charge in [0.25, 0.3) is 0 Å². The van der Waals surface area contributed by atoms with Crippen LogP contribution >= 0.6 is 35.6 Å². The van der Waals surface area contributed by atoms with E-state index in [1.54, 1.807) is 6.07 Å². The van der Waals surface area contributed by atoms with Gasteiger partial charge in [-0.2, -0.15) is 0 Å². The highest BCUT2D eigenvalue weighted by molar-refractivity contribution is 6.43. The number of nitrogens with one attached hydrogen (secondary N) is 1. The van der Waals surface area contributed by atoms with E-state index in [1.807, 2.05) is 36.4 Å². The summed E-state index contributed by atoms with van der Waals surface area (Å²) in [6.45, 7) is 8.56. The van der Waals surface area contributed by atoms with Crippen LogP contribution < -0.4 is 19.9 Å². The predicted octanol–water partition coefficient (Wildman–Crippen LogP) is 4.94. The zero-order chi connectivity index (χ0) is 23.8. The summed E-state index contributed by atoms with van der Waals surface area (Å²) in [5.74, 6) is 0.555. The molecule has 2 aliphatic heterocycles. The van der Waals surface area contributed by atoms with Crippen LogP contribution in [0.15, 0.2) is 42.5 Å². The Bertz CT molecular complexity index is 951. The maximum atomic E-state index is 12.2. The number of carbonyl (C=O) groups excluding carboxylic acids is 1. The molecule has 2 aromatic rings. The van der Waals surface area contributed by atoms with Gasteiger partial charge in [-0.05, 0) is 43.7 Å². The number of carbonyl (C=O) groups is 1. The van der Waals surface area contributed by atoms with Crippen molar-refractivity contribution in [1.82, 2.24) is 10.2 Å². The SMILES string of the molecule is Cl.O=C(NCCCCN1CCN(c2cccc(Cl)c2Cl)CC1)Oc1cccc(N2CCOCC2)c1. The van der Waals surface area contributed by atoms with Gasteiger partial charge < -0.3 is 24.6 Å². The lowest BCUT2D eigenvalue weighted by molar-refractivity contribution is 0.122. The third-order valence-corrected chi connectivity index (χ3v) is 7.03. The molecule has 2 saturated heterocycles. The Balaban J connectivity index is 0.00000342. The van der Waals surface area contributed by atoms with Crippen molar-refractivity contribution in [2.75, 3.05) is 75.4 Å². The van der Waals surface area contributed by atoms with Crippen LogP contribution in [0, 0.1) is 0 Å². The summed E-state index contributed by atoms with van der Waals surface area (Å²) in [6, 6.07) is 13.4. The van der Waals surface area contributed by atoms with E-state index < -0.39 is 6.09 Å². The lowest BCUT2D eigenvalue weighted by atomic mass is 10.2. The predicted molar refractivity (Wildman–Crippen MR) is 145 cm³/mol. The first kappa shape index (κ1) is 27.7. The largest absolute Gasteiger partial charge is 0.412 e. The quantitative estimate of drug-likeness (QED) is 0.476. The van der Waals surface area contributed by atoms with Crippen molar-refractivity contribution < 1.29 is 14.3 Å². The van der Waals surface area contributed by atoms with E-state index in [9.17, 15) is 4.79 Å². The number of amides is 1. The molecule has 2 aliphatic rings. The van der Waals surface area contributed by atoms with Gasteiger partial charge in [-0.15, -0.1) is 12.4 Å². The summed E-state index contributed by atoms with van der Waals surface area (Å²) in [5.41, 5.74) is 2.05. The van der Waals surface area contributed by atoms with Gasteiger partial charge in [0.15, 0.2) is 0 Å². The number of unbranched alkanes of at least 4 members (excludes halogenated alkanes) is 1. The van der Waals surface area contributed by atoms with Crippen LogP contribution in [0.4, 0.5) is 16.2 Å². The monoisotopic (exact) mass is 542 g/mol. The van der Waals surface area contributed by atoms with Crippen molar-refractivity contribution in [1.29, 1.82) is 0 Å². The van der Waals surface area contributed by atoms with E-state index in [4.69, 9.17) is 32.7 Å². The molecule has 7 nitrogen and oxygen atoms in total. The number of anilines is 2. The molecule has 4 rings (SSSR count). The molecule has 0 aromatic heterocycles. The van der Waals surface area contributed by atoms with Gasteiger partial charge in [0.2, 0.25) is 0 Å². The molecule has 0 unspecified atom stereocenters. The second-order valence-corrected chi connectivity index (χ2v) is 9.31.